The second-order valence-electron chi connectivity index (χ2n) is 8.08. The maximum atomic E-state index is 12.4. The normalized spacial score (nSPS) is 33.3. The first-order chi connectivity index (χ1) is 11.5. The van der Waals surface area contributed by atoms with Gasteiger partial charge in [-0.05, 0) is 89.8 Å². The molecule has 128 valence electrons. The molecule has 5 heteroatoms. The van der Waals surface area contributed by atoms with Crippen molar-refractivity contribution >= 4 is 27.7 Å². The van der Waals surface area contributed by atoms with Gasteiger partial charge in [-0.1, -0.05) is 12.1 Å². The third kappa shape index (κ3) is 3.10. The molecule has 0 aromatic heterocycles. The lowest BCUT2D eigenvalue weighted by Crippen LogP contribution is -2.50. The van der Waals surface area contributed by atoms with E-state index in [2.05, 4.69) is 26.8 Å². The number of hydrazine groups is 1. The molecule has 4 fully saturated rings. The highest BCUT2D eigenvalue weighted by atomic mass is 79.9. The van der Waals surface area contributed by atoms with Gasteiger partial charge in [0.05, 0.1) is 5.56 Å². The first kappa shape index (κ1) is 16.1. The highest BCUT2D eigenvalue weighted by Crippen LogP contribution is 2.61. The fourth-order valence-electron chi connectivity index (χ4n) is 5.73. The summed E-state index contributed by atoms with van der Waals surface area (Å²) in [6, 6.07) is 7.19. The third-order valence-corrected chi connectivity index (χ3v) is 6.83. The van der Waals surface area contributed by atoms with E-state index in [9.17, 15) is 9.59 Å². The van der Waals surface area contributed by atoms with Crippen LogP contribution < -0.4 is 10.9 Å². The van der Waals surface area contributed by atoms with Crippen molar-refractivity contribution in [2.75, 3.05) is 0 Å². The number of rotatable bonds is 3. The van der Waals surface area contributed by atoms with Crippen LogP contribution in [0.25, 0.3) is 0 Å². The van der Waals surface area contributed by atoms with Gasteiger partial charge in [0.15, 0.2) is 0 Å². The molecule has 0 aliphatic heterocycles. The number of halogens is 1. The topological polar surface area (TPSA) is 58.2 Å². The second-order valence-corrected chi connectivity index (χ2v) is 8.93. The van der Waals surface area contributed by atoms with E-state index in [0.717, 1.165) is 22.2 Å². The lowest BCUT2D eigenvalue weighted by Gasteiger charge is -2.56. The zero-order chi connectivity index (χ0) is 16.7. The first-order valence-corrected chi connectivity index (χ1v) is 9.66. The van der Waals surface area contributed by atoms with Crippen LogP contribution in [0.1, 0.15) is 55.3 Å². The molecule has 2 amide bonds. The van der Waals surface area contributed by atoms with Crippen molar-refractivity contribution in [2.45, 2.75) is 44.9 Å². The Labute approximate surface area is 150 Å². The molecular formula is C19H23BrN2O2. The Hall–Kier alpha value is -1.36. The maximum Gasteiger partial charge on any atom is 0.270 e. The Bertz CT molecular complexity index is 638. The molecule has 1 aromatic carbocycles. The Kier molecular flexibility index (Phi) is 4.15. The molecule has 4 aliphatic rings. The predicted octanol–water partition coefficient (Wildman–Crippen LogP) is 3.82. The van der Waals surface area contributed by atoms with Crippen LogP contribution in [-0.2, 0) is 4.79 Å². The summed E-state index contributed by atoms with van der Waals surface area (Å²) in [5, 5.41) is 0. The standard InChI is InChI=1S/C19H23BrN2O2/c20-16-4-2-1-3-15(16)18(24)22-21-17(23)11-19-8-12-5-13(9-19)7-14(6-12)10-19/h1-4,12-14H,5-11H2,(H,21,23)(H,22,24). The molecule has 4 bridgehead atoms. The van der Waals surface area contributed by atoms with Crippen molar-refractivity contribution in [3.63, 3.8) is 0 Å². The minimum absolute atomic E-state index is 0.0580. The number of carbonyl (C=O) groups is 2. The van der Waals surface area contributed by atoms with Crippen LogP contribution >= 0.6 is 15.9 Å². The second kappa shape index (κ2) is 6.17. The Morgan fingerprint density at radius 2 is 1.58 bits per heavy atom. The molecule has 0 spiro atoms. The van der Waals surface area contributed by atoms with Crippen molar-refractivity contribution in [3.05, 3.63) is 34.3 Å². The van der Waals surface area contributed by atoms with Crippen LogP contribution in [0.3, 0.4) is 0 Å². The smallest absolute Gasteiger partial charge is 0.270 e. The zero-order valence-electron chi connectivity index (χ0n) is 13.7. The van der Waals surface area contributed by atoms with Crippen LogP contribution in [0.2, 0.25) is 0 Å². The highest BCUT2D eigenvalue weighted by molar-refractivity contribution is 9.10. The lowest BCUT2D eigenvalue weighted by atomic mass is 9.49. The largest absolute Gasteiger partial charge is 0.273 e. The van der Waals surface area contributed by atoms with Gasteiger partial charge in [0, 0.05) is 10.9 Å². The molecule has 2 N–H and O–H groups in total. The van der Waals surface area contributed by atoms with E-state index < -0.39 is 0 Å². The molecule has 5 rings (SSSR count). The molecule has 0 unspecified atom stereocenters. The lowest BCUT2D eigenvalue weighted by molar-refractivity contribution is -0.130. The van der Waals surface area contributed by atoms with E-state index in [-0.39, 0.29) is 17.2 Å². The van der Waals surface area contributed by atoms with Crippen molar-refractivity contribution in [3.8, 4) is 0 Å². The van der Waals surface area contributed by atoms with Crippen molar-refractivity contribution < 1.29 is 9.59 Å². The third-order valence-electron chi connectivity index (χ3n) is 6.13. The molecule has 0 saturated heterocycles. The summed E-state index contributed by atoms with van der Waals surface area (Å²) in [6.45, 7) is 0. The van der Waals surface area contributed by atoms with Gasteiger partial charge in [-0.15, -0.1) is 0 Å². The molecule has 24 heavy (non-hydrogen) atoms. The van der Waals surface area contributed by atoms with Gasteiger partial charge in [-0.3, -0.25) is 20.4 Å². The highest BCUT2D eigenvalue weighted by Gasteiger charge is 2.51. The number of amides is 2. The van der Waals surface area contributed by atoms with E-state index in [1.54, 1.807) is 12.1 Å². The summed E-state index contributed by atoms with van der Waals surface area (Å²) in [5.74, 6) is 2.15. The van der Waals surface area contributed by atoms with E-state index in [1.165, 1.54) is 38.5 Å². The summed E-state index contributed by atoms with van der Waals surface area (Å²) in [6.07, 6.45) is 8.27. The van der Waals surface area contributed by atoms with E-state index in [1.807, 2.05) is 12.1 Å². The quantitative estimate of drug-likeness (QED) is 0.770. The Balaban J connectivity index is 1.34. The summed E-state index contributed by atoms with van der Waals surface area (Å²) in [4.78, 5) is 24.6. The van der Waals surface area contributed by atoms with Gasteiger partial charge >= 0.3 is 0 Å². The van der Waals surface area contributed by atoms with Gasteiger partial charge in [-0.2, -0.15) is 0 Å². The average Bonchev–Trinajstić information content (AvgIpc) is 2.51. The van der Waals surface area contributed by atoms with Crippen LogP contribution in [0.4, 0.5) is 0 Å². The number of benzene rings is 1. The fraction of sp³-hybridized carbons (Fsp3) is 0.579. The van der Waals surface area contributed by atoms with Gasteiger partial charge in [0.2, 0.25) is 5.91 Å². The molecule has 0 atom stereocenters. The van der Waals surface area contributed by atoms with Crippen molar-refractivity contribution in [2.24, 2.45) is 23.2 Å². The average molecular weight is 391 g/mol. The van der Waals surface area contributed by atoms with Crippen molar-refractivity contribution in [1.82, 2.24) is 10.9 Å². The summed E-state index contributed by atoms with van der Waals surface area (Å²) in [7, 11) is 0. The van der Waals surface area contributed by atoms with Crippen LogP contribution in [-0.4, -0.2) is 11.8 Å². The van der Waals surface area contributed by atoms with E-state index in [4.69, 9.17) is 0 Å². The Morgan fingerprint density at radius 1 is 1.00 bits per heavy atom. The van der Waals surface area contributed by atoms with Gasteiger partial charge in [0.1, 0.15) is 0 Å². The molecule has 4 nitrogen and oxygen atoms in total. The minimum Gasteiger partial charge on any atom is -0.273 e. The van der Waals surface area contributed by atoms with E-state index in [0.29, 0.717) is 12.0 Å². The molecular weight excluding hydrogens is 368 g/mol. The Morgan fingerprint density at radius 3 is 2.17 bits per heavy atom. The SMILES string of the molecule is O=C(CC12CC3CC(CC(C3)C1)C2)NNC(=O)c1ccccc1Br. The van der Waals surface area contributed by atoms with Crippen LogP contribution in [0, 0.1) is 23.2 Å². The fourth-order valence-corrected chi connectivity index (χ4v) is 6.20. The molecule has 0 radical (unpaired) electrons. The number of carbonyl (C=O) groups excluding carboxylic acids is 2. The molecule has 4 aliphatic carbocycles. The van der Waals surface area contributed by atoms with Gasteiger partial charge < -0.3 is 0 Å². The maximum absolute atomic E-state index is 12.4. The zero-order valence-corrected chi connectivity index (χ0v) is 15.3. The summed E-state index contributed by atoms with van der Waals surface area (Å²) in [5.41, 5.74) is 5.89. The molecule has 4 saturated carbocycles. The first-order valence-electron chi connectivity index (χ1n) is 8.87. The van der Waals surface area contributed by atoms with Crippen LogP contribution in [0.15, 0.2) is 28.7 Å². The number of nitrogens with one attached hydrogen (secondary N) is 2. The van der Waals surface area contributed by atoms with Crippen molar-refractivity contribution in [1.29, 1.82) is 0 Å². The van der Waals surface area contributed by atoms with Crippen LogP contribution in [0.5, 0.6) is 0 Å². The predicted molar refractivity (Wildman–Crippen MR) is 95.0 cm³/mol. The van der Waals surface area contributed by atoms with Gasteiger partial charge in [-0.25, -0.2) is 0 Å². The minimum atomic E-state index is -0.290. The summed E-state index contributed by atoms with van der Waals surface area (Å²) >= 11 is 3.36. The number of hydrogen-bond acceptors (Lipinski definition) is 2. The van der Waals surface area contributed by atoms with E-state index >= 15 is 0 Å². The number of hydrogen-bond donors (Lipinski definition) is 2. The molecule has 1 aromatic rings. The molecule has 0 heterocycles. The summed E-state index contributed by atoms with van der Waals surface area (Å²) < 4.78 is 0.720. The monoisotopic (exact) mass is 390 g/mol. The van der Waals surface area contributed by atoms with Gasteiger partial charge in [0.25, 0.3) is 5.91 Å².